The van der Waals surface area contributed by atoms with E-state index in [1.54, 1.807) is 0 Å². The van der Waals surface area contributed by atoms with Crippen molar-refractivity contribution in [3.05, 3.63) is 60.2 Å². The highest BCUT2D eigenvalue weighted by atomic mass is 32.2. The molecule has 0 radical (unpaired) electrons. The zero-order chi connectivity index (χ0) is 16.8. The standard InChI is InChI=1S/C18H17NO4S/c20-17(12-19-10-11-24-18(19)21)22-13-14-6-4-5-9-16(14)23-15-7-2-1-3-8-15/h1-9H,10-13H2. The van der Waals surface area contributed by atoms with Crippen molar-refractivity contribution in [2.75, 3.05) is 18.8 Å². The fourth-order valence-electron chi connectivity index (χ4n) is 2.27. The zero-order valence-corrected chi connectivity index (χ0v) is 13.8. The minimum absolute atomic E-state index is 0.00641. The second-order valence-electron chi connectivity index (χ2n) is 5.22. The van der Waals surface area contributed by atoms with Gasteiger partial charge in [-0.05, 0) is 18.2 Å². The van der Waals surface area contributed by atoms with E-state index in [4.69, 9.17) is 9.47 Å². The Hall–Kier alpha value is -2.47. The molecular weight excluding hydrogens is 326 g/mol. The van der Waals surface area contributed by atoms with Crippen molar-refractivity contribution in [2.45, 2.75) is 6.61 Å². The van der Waals surface area contributed by atoms with Crippen LogP contribution in [-0.2, 0) is 16.1 Å². The molecule has 3 rings (SSSR count). The second-order valence-corrected chi connectivity index (χ2v) is 6.27. The number of hydrogen-bond acceptors (Lipinski definition) is 5. The molecule has 1 aliphatic rings. The van der Waals surface area contributed by atoms with E-state index in [-0.39, 0.29) is 18.4 Å². The number of carbonyl (C=O) groups is 2. The number of nitrogens with zero attached hydrogens (tertiary/aromatic N) is 1. The molecule has 1 fully saturated rings. The molecule has 2 aromatic rings. The maximum absolute atomic E-state index is 11.9. The van der Waals surface area contributed by atoms with Gasteiger partial charge in [0.25, 0.3) is 5.24 Å². The molecule has 1 heterocycles. The molecule has 1 aliphatic heterocycles. The molecule has 6 heteroatoms. The van der Waals surface area contributed by atoms with Crippen molar-refractivity contribution in [1.29, 1.82) is 0 Å². The van der Waals surface area contributed by atoms with Gasteiger partial charge in [0.15, 0.2) is 0 Å². The van der Waals surface area contributed by atoms with Crippen molar-refractivity contribution in [3.63, 3.8) is 0 Å². The zero-order valence-electron chi connectivity index (χ0n) is 13.0. The quantitative estimate of drug-likeness (QED) is 0.749. The highest BCUT2D eigenvalue weighted by molar-refractivity contribution is 8.13. The topological polar surface area (TPSA) is 55.8 Å². The molecule has 0 aliphatic carbocycles. The molecule has 1 amide bonds. The van der Waals surface area contributed by atoms with E-state index in [0.717, 1.165) is 17.1 Å². The monoisotopic (exact) mass is 343 g/mol. The van der Waals surface area contributed by atoms with E-state index in [2.05, 4.69) is 0 Å². The van der Waals surface area contributed by atoms with Crippen LogP contribution in [0.2, 0.25) is 0 Å². The largest absolute Gasteiger partial charge is 0.459 e. The molecule has 0 N–H and O–H groups in total. The molecule has 0 unspecified atom stereocenters. The van der Waals surface area contributed by atoms with Crippen LogP contribution in [0.3, 0.4) is 0 Å². The van der Waals surface area contributed by atoms with E-state index in [1.807, 2.05) is 54.6 Å². The summed E-state index contributed by atoms with van der Waals surface area (Å²) >= 11 is 1.22. The van der Waals surface area contributed by atoms with Gasteiger partial charge in [0, 0.05) is 17.9 Å². The summed E-state index contributed by atoms with van der Waals surface area (Å²) in [5, 5.41) is -0.0697. The lowest BCUT2D eigenvalue weighted by Gasteiger charge is -2.15. The normalized spacial score (nSPS) is 13.8. The van der Waals surface area contributed by atoms with Gasteiger partial charge in [-0.3, -0.25) is 9.59 Å². The van der Waals surface area contributed by atoms with Crippen LogP contribution in [0.1, 0.15) is 5.56 Å². The average Bonchev–Trinajstić information content (AvgIpc) is 3.00. The van der Waals surface area contributed by atoms with Crippen LogP contribution in [0, 0.1) is 0 Å². The van der Waals surface area contributed by atoms with Crippen molar-refractivity contribution in [1.82, 2.24) is 4.90 Å². The van der Waals surface area contributed by atoms with Crippen LogP contribution < -0.4 is 4.74 Å². The van der Waals surface area contributed by atoms with Gasteiger partial charge in [-0.25, -0.2) is 0 Å². The lowest BCUT2D eigenvalue weighted by atomic mass is 10.2. The maximum Gasteiger partial charge on any atom is 0.326 e. The van der Waals surface area contributed by atoms with E-state index in [0.29, 0.717) is 12.3 Å². The summed E-state index contributed by atoms with van der Waals surface area (Å²) in [6.07, 6.45) is 0. The molecule has 2 aromatic carbocycles. The van der Waals surface area contributed by atoms with E-state index < -0.39 is 5.97 Å². The summed E-state index contributed by atoms with van der Waals surface area (Å²) in [5.41, 5.74) is 0.775. The molecule has 0 bridgehead atoms. The van der Waals surface area contributed by atoms with Crippen molar-refractivity contribution in [3.8, 4) is 11.5 Å². The second kappa shape index (κ2) is 7.88. The van der Waals surface area contributed by atoms with Crippen LogP contribution >= 0.6 is 11.8 Å². The predicted octanol–water partition coefficient (Wildman–Crippen LogP) is 3.69. The van der Waals surface area contributed by atoms with E-state index in [9.17, 15) is 9.59 Å². The van der Waals surface area contributed by atoms with Crippen LogP contribution in [0.25, 0.3) is 0 Å². The first-order chi connectivity index (χ1) is 11.7. The van der Waals surface area contributed by atoms with E-state index in [1.165, 1.54) is 16.7 Å². The van der Waals surface area contributed by atoms with Crippen LogP contribution in [0.5, 0.6) is 11.5 Å². The number of benzene rings is 2. The molecule has 0 aromatic heterocycles. The first kappa shape index (κ1) is 16.4. The minimum atomic E-state index is -0.416. The van der Waals surface area contributed by atoms with Gasteiger partial charge in [0.2, 0.25) is 0 Å². The number of carbonyl (C=O) groups excluding carboxylic acids is 2. The van der Waals surface area contributed by atoms with Gasteiger partial charge in [0.1, 0.15) is 24.7 Å². The smallest absolute Gasteiger partial charge is 0.326 e. The van der Waals surface area contributed by atoms with Crippen molar-refractivity contribution in [2.24, 2.45) is 0 Å². The number of rotatable bonds is 6. The van der Waals surface area contributed by atoms with Gasteiger partial charge >= 0.3 is 5.97 Å². The molecule has 5 nitrogen and oxygen atoms in total. The third-order valence-corrected chi connectivity index (χ3v) is 4.39. The Kier molecular flexibility index (Phi) is 5.38. The highest BCUT2D eigenvalue weighted by Gasteiger charge is 2.23. The summed E-state index contributed by atoms with van der Waals surface area (Å²) in [6.45, 7) is 0.691. The van der Waals surface area contributed by atoms with Crippen LogP contribution in [-0.4, -0.2) is 35.0 Å². The minimum Gasteiger partial charge on any atom is -0.459 e. The third-order valence-electron chi connectivity index (χ3n) is 3.50. The Morgan fingerprint density at radius 3 is 2.58 bits per heavy atom. The molecule has 0 saturated carbocycles. The van der Waals surface area contributed by atoms with Gasteiger partial charge in [-0.15, -0.1) is 0 Å². The summed E-state index contributed by atoms with van der Waals surface area (Å²) in [6, 6.07) is 16.8. The van der Waals surface area contributed by atoms with Gasteiger partial charge in [-0.2, -0.15) is 0 Å². The lowest BCUT2D eigenvalue weighted by Crippen LogP contribution is -2.30. The molecule has 0 spiro atoms. The summed E-state index contributed by atoms with van der Waals surface area (Å²) in [7, 11) is 0. The molecule has 24 heavy (non-hydrogen) atoms. The fraction of sp³-hybridized carbons (Fsp3) is 0.222. The summed E-state index contributed by atoms with van der Waals surface area (Å²) in [5.74, 6) is 1.67. The van der Waals surface area contributed by atoms with Crippen LogP contribution in [0.4, 0.5) is 4.79 Å². The Labute approximate surface area is 144 Å². The third kappa shape index (κ3) is 4.29. The van der Waals surface area contributed by atoms with Gasteiger partial charge in [0.05, 0.1) is 0 Å². The summed E-state index contributed by atoms with van der Waals surface area (Å²) in [4.78, 5) is 24.9. The fourth-order valence-corrected chi connectivity index (χ4v) is 3.09. The number of amides is 1. The summed E-state index contributed by atoms with van der Waals surface area (Å²) < 4.78 is 11.1. The number of esters is 1. The number of ether oxygens (including phenoxy) is 2. The Balaban J connectivity index is 1.59. The Bertz CT molecular complexity index is 720. The number of para-hydroxylation sites is 2. The average molecular weight is 343 g/mol. The predicted molar refractivity (Wildman–Crippen MR) is 92.2 cm³/mol. The Morgan fingerprint density at radius 1 is 1.08 bits per heavy atom. The number of thioether (sulfide) groups is 1. The number of hydrogen-bond donors (Lipinski definition) is 0. The Morgan fingerprint density at radius 2 is 1.83 bits per heavy atom. The molecular formula is C18H17NO4S. The van der Waals surface area contributed by atoms with Crippen LogP contribution in [0.15, 0.2) is 54.6 Å². The first-order valence-corrected chi connectivity index (χ1v) is 8.59. The van der Waals surface area contributed by atoms with E-state index >= 15 is 0 Å². The lowest BCUT2D eigenvalue weighted by molar-refractivity contribution is -0.145. The van der Waals surface area contributed by atoms with Crippen molar-refractivity contribution >= 4 is 23.0 Å². The SMILES string of the molecule is O=C(CN1CCSC1=O)OCc1ccccc1Oc1ccccc1. The molecule has 1 saturated heterocycles. The molecule has 124 valence electrons. The van der Waals surface area contributed by atoms with Crippen molar-refractivity contribution < 1.29 is 19.1 Å². The first-order valence-electron chi connectivity index (χ1n) is 7.60. The van der Waals surface area contributed by atoms with Gasteiger partial charge < -0.3 is 14.4 Å². The molecule has 0 atom stereocenters. The van der Waals surface area contributed by atoms with Gasteiger partial charge in [-0.1, -0.05) is 48.2 Å². The maximum atomic E-state index is 11.9. The highest BCUT2D eigenvalue weighted by Crippen LogP contribution is 2.25.